The molecule has 11 heteroatoms. The number of thiophene rings is 1. The summed E-state index contributed by atoms with van der Waals surface area (Å²) in [4.78, 5) is 16.3. The van der Waals surface area contributed by atoms with E-state index >= 15 is 0 Å². The Morgan fingerprint density at radius 2 is 1.93 bits per heavy atom. The molecule has 3 rings (SSSR count). The summed E-state index contributed by atoms with van der Waals surface area (Å²) in [6.07, 6.45) is 0.591. The molecule has 0 atom stereocenters. The van der Waals surface area contributed by atoms with Crippen molar-refractivity contribution in [1.82, 2.24) is 10.3 Å². The summed E-state index contributed by atoms with van der Waals surface area (Å²) in [6.45, 7) is 0.391. The quantitative estimate of drug-likeness (QED) is 0.516. The maximum Gasteiger partial charge on any atom is 0.273 e. The first-order valence-corrected chi connectivity index (χ1v) is 11.7. The van der Waals surface area contributed by atoms with Crippen LogP contribution in [0.25, 0.3) is 0 Å². The van der Waals surface area contributed by atoms with E-state index in [-0.39, 0.29) is 20.9 Å². The Balaban J connectivity index is 1.55. The van der Waals surface area contributed by atoms with Crippen LogP contribution in [0.3, 0.4) is 0 Å². The van der Waals surface area contributed by atoms with Crippen molar-refractivity contribution in [2.75, 3.05) is 25.5 Å². The minimum Gasteiger partial charge on any atom is -0.493 e. The Morgan fingerprint density at radius 1 is 1.14 bits per heavy atom. The third-order valence-electron chi connectivity index (χ3n) is 3.87. The normalized spacial score (nSPS) is 11.1. The zero-order valence-electron chi connectivity index (χ0n) is 15.7. The van der Waals surface area contributed by atoms with Crippen molar-refractivity contribution in [2.24, 2.45) is 0 Å². The number of hydrogen-bond donors (Lipinski definition) is 2. The summed E-state index contributed by atoms with van der Waals surface area (Å²) >= 11 is 2.16. The van der Waals surface area contributed by atoms with E-state index in [4.69, 9.17) is 9.47 Å². The fourth-order valence-corrected chi connectivity index (χ4v) is 5.39. The summed E-state index contributed by atoms with van der Waals surface area (Å²) in [7, 11) is -0.550. The molecule has 2 aromatic heterocycles. The first-order valence-electron chi connectivity index (χ1n) is 8.44. The van der Waals surface area contributed by atoms with Crippen LogP contribution in [-0.2, 0) is 16.4 Å². The molecule has 0 aliphatic heterocycles. The monoisotopic (exact) mass is 453 g/mol. The molecule has 0 spiro atoms. The number of benzene rings is 1. The minimum atomic E-state index is -3.69. The molecule has 0 saturated heterocycles. The van der Waals surface area contributed by atoms with Gasteiger partial charge in [-0.1, -0.05) is 12.1 Å². The van der Waals surface area contributed by atoms with E-state index in [2.05, 4.69) is 15.0 Å². The van der Waals surface area contributed by atoms with Gasteiger partial charge in [-0.2, -0.15) is 0 Å². The number of aromatic nitrogens is 1. The molecule has 2 N–H and O–H groups in total. The largest absolute Gasteiger partial charge is 0.493 e. The van der Waals surface area contributed by atoms with Gasteiger partial charge in [-0.15, -0.1) is 22.7 Å². The highest BCUT2D eigenvalue weighted by atomic mass is 32.2. The molecule has 0 saturated carbocycles. The lowest BCUT2D eigenvalue weighted by atomic mass is 10.1. The molecule has 3 aromatic rings. The van der Waals surface area contributed by atoms with Crippen LogP contribution in [0.1, 0.15) is 16.1 Å². The van der Waals surface area contributed by atoms with Gasteiger partial charge in [0.05, 0.1) is 14.2 Å². The molecule has 1 amide bonds. The van der Waals surface area contributed by atoms with Crippen molar-refractivity contribution >= 4 is 43.7 Å². The summed E-state index contributed by atoms with van der Waals surface area (Å²) < 4.78 is 37.5. The average Bonchev–Trinajstić information content (AvgIpc) is 3.40. The number of nitrogens with zero attached hydrogens (tertiary/aromatic N) is 1. The summed E-state index contributed by atoms with van der Waals surface area (Å²) in [6, 6.07) is 8.71. The fraction of sp³-hybridized carbons (Fsp3) is 0.222. The Bertz CT molecular complexity index is 1080. The topological polar surface area (TPSA) is 107 Å². The lowest BCUT2D eigenvalue weighted by Crippen LogP contribution is -2.26. The smallest absolute Gasteiger partial charge is 0.273 e. The Kier molecular flexibility index (Phi) is 6.72. The molecule has 0 aliphatic rings. The van der Waals surface area contributed by atoms with Crippen molar-refractivity contribution in [2.45, 2.75) is 10.6 Å². The van der Waals surface area contributed by atoms with Crippen molar-refractivity contribution < 1.29 is 22.7 Å². The van der Waals surface area contributed by atoms with Crippen LogP contribution >= 0.6 is 22.7 Å². The molecule has 0 unspecified atom stereocenters. The zero-order chi connectivity index (χ0) is 20.9. The fourth-order valence-electron chi connectivity index (χ4n) is 2.45. The molecule has 0 fully saturated rings. The van der Waals surface area contributed by atoms with Gasteiger partial charge in [0.2, 0.25) is 0 Å². The standard InChI is InChI=1S/C18H19N3O5S3/c1-25-14-6-5-12(10-15(14)26-2)7-8-19-17(22)13-11-28-18(20-13)21-29(23,24)16-4-3-9-27-16/h3-6,9-11H,7-8H2,1-2H3,(H,19,22)(H,20,21). The summed E-state index contributed by atoms with van der Waals surface area (Å²) in [5.74, 6) is 0.891. The van der Waals surface area contributed by atoms with E-state index in [9.17, 15) is 13.2 Å². The van der Waals surface area contributed by atoms with Crippen molar-refractivity contribution in [3.8, 4) is 11.5 Å². The number of ether oxygens (including phenoxy) is 2. The van der Waals surface area contributed by atoms with Gasteiger partial charge in [0.15, 0.2) is 16.6 Å². The van der Waals surface area contributed by atoms with Gasteiger partial charge in [0, 0.05) is 11.9 Å². The number of methoxy groups -OCH3 is 2. The second-order valence-electron chi connectivity index (χ2n) is 5.77. The molecular weight excluding hydrogens is 434 g/mol. The molecule has 154 valence electrons. The van der Waals surface area contributed by atoms with Gasteiger partial charge >= 0.3 is 0 Å². The van der Waals surface area contributed by atoms with Crippen LogP contribution in [0.4, 0.5) is 5.13 Å². The first-order chi connectivity index (χ1) is 13.9. The number of thiazole rings is 1. The van der Waals surface area contributed by atoms with Crippen LogP contribution in [0, 0.1) is 0 Å². The third kappa shape index (κ3) is 5.25. The predicted molar refractivity (Wildman–Crippen MR) is 113 cm³/mol. The van der Waals surface area contributed by atoms with E-state index in [1.807, 2.05) is 18.2 Å². The van der Waals surface area contributed by atoms with E-state index in [1.54, 1.807) is 25.7 Å². The number of amides is 1. The lowest BCUT2D eigenvalue weighted by molar-refractivity contribution is 0.0950. The molecule has 0 bridgehead atoms. The molecule has 0 aliphatic carbocycles. The second-order valence-corrected chi connectivity index (χ2v) is 9.49. The SMILES string of the molecule is COc1ccc(CCNC(=O)c2csc(NS(=O)(=O)c3cccs3)n2)cc1OC. The van der Waals surface area contributed by atoms with E-state index in [0.717, 1.165) is 28.2 Å². The van der Waals surface area contributed by atoms with Crippen molar-refractivity contribution in [3.05, 3.63) is 52.3 Å². The second kappa shape index (κ2) is 9.25. The number of rotatable bonds is 9. The molecular formula is C18H19N3O5S3. The number of hydrogen-bond acceptors (Lipinski definition) is 8. The number of nitrogens with one attached hydrogen (secondary N) is 2. The third-order valence-corrected chi connectivity index (χ3v) is 7.49. The number of carbonyl (C=O) groups is 1. The Labute approximate surface area is 176 Å². The van der Waals surface area contributed by atoms with E-state index in [0.29, 0.717) is 24.5 Å². The highest BCUT2D eigenvalue weighted by molar-refractivity contribution is 7.94. The predicted octanol–water partition coefficient (Wildman–Crippen LogP) is 3.00. The van der Waals surface area contributed by atoms with Gasteiger partial charge in [0.25, 0.3) is 15.9 Å². The van der Waals surface area contributed by atoms with Crippen molar-refractivity contribution in [1.29, 1.82) is 0 Å². The minimum absolute atomic E-state index is 0.142. The zero-order valence-corrected chi connectivity index (χ0v) is 18.1. The Morgan fingerprint density at radius 3 is 2.62 bits per heavy atom. The van der Waals surface area contributed by atoms with Gasteiger partial charge in [-0.3, -0.25) is 9.52 Å². The van der Waals surface area contributed by atoms with E-state index < -0.39 is 10.0 Å². The van der Waals surface area contributed by atoms with Gasteiger partial charge in [-0.25, -0.2) is 13.4 Å². The molecule has 29 heavy (non-hydrogen) atoms. The first kappa shape index (κ1) is 21.1. The number of anilines is 1. The molecule has 8 nitrogen and oxygen atoms in total. The maximum absolute atomic E-state index is 12.3. The lowest BCUT2D eigenvalue weighted by Gasteiger charge is -2.09. The average molecular weight is 454 g/mol. The van der Waals surface area contributed by atoms with Crippen LogP contribution < -0.4 is 19.5 Å². The van der Waals surface area contributed by atoms with Crippen LogP contribution in [0.5, 0.6) is 11.5 Å². The summed E-state index contributed by atoms with van der Waals surface area (Å²) in [5, 5.41) is 6.10. The highest BCUT2D eigenvalue weighted by Gasteiger charge is 2.18. The van der Waals surface area contributed by atoms with Crippen LogP contribution in [-0.4, -0.2) is 40.1 Å². The van der Waals surface area contributed by atoms with Crippen LogP contribution in [0.15, 0.2) is 45.3 Å². The molecule has 2 heterocycles. The van der Waals surface area contributed by atoms with Gasteiger partial charge < -0.3 is 14.8 Å². The summed E-state index contributed by atoms with van der Waals surface area (Å²) in [5.41, 5.74) is 1.14. The number of carbonyl (C=O) groups excluding carboxylic acids is 1. The van der Waals surface area contributed by atoms with Crippen molar-refractivity contribution in [3.63, 3.8) is 0 Å². The van der Waals surface area contributed by atoms with Crippen LogP contribution in [0.2, 0.25) is 0 Å². The highest BCUT2D eigenvalue weighted by Crippen LogP contribution is 2.27. The van der Waals surface area contributed by atoms with E-state index in [1.165, 1.54) is 11.4 Å². The molecule has 0 radical (unpaired) electrons. The number of sulfonamides is 1. The Hall–Kier alpha value is -2.63. The molecule has 1 aromatic carbocycles. The van der Waals surface area contributed by atoms with Gasteiger partial charge in [-0.05, 0) is 35.6 Å². The maximum atomic E-state index is 12.3. The van der Waals surface area contributed by atoms with Gasteiger partial charge in [0.1, 0.15) is 9.90 Å².